The summed E-state index contributed by atoms with van der Waals surface area (Å²) in [6.07, 6.45) is 1.27. The zero-order valence-corrected chi connectivity index (χ0v) is 15.6. The number of rotatable bonds is 6. The number of hydrogen-bond acceptors (Lipinski definition) is 5. The van der Waals surface area contributed by atoms with E-state index in [4.69, 9.17) is 9.15 Å². The quantitative estimate of drug-likeness (QED) is 0.519. The summed E-state index contributed by atoms with van der Waals surface area (Å²) in [5.41, 5.74) is 2.38. The van der Waals surface area contributed by atoms with E-state index in [0.29, 0.717) is 34.3 Å². The van der Waals surface area contributed by atoms with E-state index in [-0.39, 0.29) is 17.8 Å². The largest absolute Gasteiger partial charge is 0.508 e. The van der Waals surface area contributed by atoms with Gasteiger partial charge in [-0.3, -0.25) is 4.79 Å². The molecule has 0 aliphatic heterocycles. The predicted molar refractivity (Wildman–Crippen MR) is 111 cm³/mol. The fourth-order valence-electron chi connectivity index (χ4n) is 3.18. The van der Waals surface area contributed by atoms with Crippen molar-refractivity contribution in [1.29, 1.82) is 0 Å². The van der Waals surface area contributed by atoms with Crippen LogP contribution in [0.15, 0.2) is 88.3 Å². The van der Waals surface area contributed by atoms with Gasteiger partial charge in [0.1, 0.15) is 30.0 Å². The van der Waals surface area contributed by atoms with Crippen molar-refractivity contribution in [3.05, 3.63) is 94.8 Å². The summed E-state index contributed by atoms with van der Waals surface area (Å²) in [5.74, 6) is 0.653. The van der Waals surface area contributed by atoms with E-state index in [1.54, 1.807) is 30.3 Å². The van der Waals surface area contributed by atoms with Crippen LogP contribution in [0.3, 0.4) is 0 Å². The molecule has 146 valence electrons. The highest BCUT2D eigenvalue weighted by atomic mass is 16.5. The molecule has 0 bridgehead atoms. The number of benzene rings is 3. The van der Waals surface area contributed by atoms with Crippen LogP contribution in [0.2, 0.25) is 0 Å². The molecule has 0 saturated heterocycles. The van der Waals surface area contributed by atoms with Gasteiger partial charge < -0.3 is 19.4 Å². The third-order valence-corrected chi connectivity index (χ3v) is 4.68. The van der Waals surface area contributed by atoms with Gasteiger partial charge in [0.2, 0.25) is 0 Å². The molecule has 4 aromatic rings. The Morgan fingerprint density at radius 1 is 0.966 bits per heavy atom. The number of aliphatic hydroxyl groups is 1. The second kappa shape index (κ2) is 8.20. The fraction of sp³-hybridized carbons (Fsp3) is 0.125. The molecule has 5 nitrogen and oxygen atoms in total. The first-order chi connectivity index (χ1) is 14.1. The van der Waals surface area contributed by atoms with Crippen molar-refractivity contribution < 1.29 is 19.4 Å². The highest BCUT2D eigenvalue weighted by molar-refractivity contribution is 5.82. The van der Waals surface area contributed by atoms with Crippen LogP contribution in [0.1, 0.15) is 5.56 Å². The molecule has 1 aromatic heterocycles. The molecule has 0 radical (unpaired) electrons. The monoisotopic (exact) mass is 388 g/mol. The topological polar surface area (TPSA) is 79.9 Å². The summed E-state index contributed by atoms with van der Waals surface area (Å²) in [7, 11) is 0. The SMILES string of the molecule is O=c1c(-c2ccc(O)cc2)coc2cc(OC[C@@H](O)Cc3ccccc3)ccc12. The molecule has 29 heavy (non-hydrogen) atoms. The second-order valence-electron chi connectivity index (χ2n) is 6.84. The van der Waals surface area contributed by atoms with Crippen LogP contribution in [-0.2, 0) is 6.42 Å². The lowest BCUT2D eigenvalue weighted by Crippen LogP contribution is -2.20. The Labute approximate surface area is 167 Å². The molecule has 0 amide bonds. The Morgan fingerprint density at radius 2 is 1.72 bits per heavy atom. The average molecular weight is 388 g/mol. The highest BCUT2D eigenvalue weighted by Gasteiger charge is 2.11. The maximum Gasteiger partial charge on any atom is 0.200 e. The van der Waals surface area contributed by atoms with E-state index in [2.05, 4.69) is 0 Å². The predicted octanol–water partition coefficient (Wildman–Crippen LogP) is 4.15. The Balaban J connectivity index is 1.50. The van der Waals surface area contributed by atoms with Crippen LogP contribution < -0.4 is 10.2 Å². The Morgan fingerprint density at radius 3 is 2.48 bits per heavy atom. The summed E-state index contributed by atoms with van der Waals surface area (Å²) in [4.78, 5) is 12.8. The first kappa shape index (κ1) is 18.8. The van der Waals surface area contributed by atoms with Crippen molar-refractivity contribution in [2.45, 2.75) is 12.5 Å². The zero-order valence-electron chi connectivity index (χ0n) is 15.6. The van der Waals surface area contributed by atoms with Gasteiger partial charge in [0.05, 0.1) is 17.1 Å². The number of aromatic hydroxyl groups is 1. The zero-order chi connectivity index (χ0) is 20.2. The molecule has 3 aromatic carbocycles. The van der Waals surface area contributed by atoms with Crippen molar-refractivity contribution in [3.8, 4) is 22.6 Å². The molecule has 1 heterocycles. The molecule has 0 aliphatic carbocycles. The normalized spacial score (nSPS) is 12.0. The van der Waals surface area contributed by atoms with Crippen molar-refractivity contribution in [2.75, 3.05) is 6.61 Å². The van der Waals surface area contributed by atoms with Crippen LogP contribution in [-0.4, -0.2) is 22.9 Å². The molecule has 0 unspecified atom stereocenters. The summed E-state index contributed by atoms with van der Waals surface area (Å²) in [5, 5.41) is 20.0. The van der Waals surface area contributed by atoms with Gasteiger partial charge in [-0.1, -0.05) is 42.5 Å². The summed E-state index contributed by atoms with van der Waals surface area (Å²) < 4.78 is 11.3. The van der Waals surface area contributed by atoms with Gasteiger partial charge in [0, 0.05) is 12.5 Å². The minimum Gasteiger partial charge on any atom is -0.508 e. The van der Waals surface area contributed by atoms with Gasteiger partial charge in [0.25, 0.3) is 0 Å². The van der Waals surface area contributed by atoms with E-state index in [1.165, 1.54) is 18.4 Å². The van der Waals surface area contributed by atoms with E-state index in [9.17, 15) is 15.0 Å². The fourth-order valence-corrected chi connectivity index (χ4v) is 3.18. The molecular formula is C24H20O5. The van der Waals surface area contributed by atoms with E-state index in [0.717, 1.165) is 5.56 Å². The van der Waals surface area contributed by atoms with Crippen LogP contribution >= 0.6 is 0 Å². The first-order valence-electron chi connectivity index (χ1n) is 9.30. The van der Waals surface area contributed by atoms with Crippen LogP contribution in [0, 0.1) is 0 Å². The standard InChI is InChI=1S/C24H20O5/c25-18-8-6-17(7-9-18)22-15-29-23-13-20(10-11-21(23)24(22)27)28-14-19(26)12-16-4-2-1-3-5-16/h1-11,13,15,19,25-26H,12,14H2/t19-/m0/s1. The lowest BCUT2D eigenvalue weighted by Gasteiger charge is -2.13. The summed E-state index contributed by atoms with van der Waals surface area (Å²) in [6, 6.07) is 21.1. The molecule has 2 N–H and O–H groups in total. The Bertz CT molecular complexity index is 1160. The molecule has 0 spiro atoms. The third kappa shape index (κ3) is 4.31. The van der Waals surface area contributed by atoms with Crippen molar-refractivity contribution in [1.82, 2.24) is 0 Å². The van der Waals surface area contributed by atoms with Gasteiger partial charge in [-0.25, -0.2) is 0 Å². The first-order valence-corrected chi connectivity index (χ1v) is 9.30. The molecule has 0 fully saturated rings. The number of phenolic OH excluding ortho intramolecular Hbond substituents is 1. The Kier molecular flexibility index (Phi) is 5.31. The van der Waals surface area contributed by atoms with Crippen molar-refractivity contribution in [3.63, 3.8) is 0 Å². The number of hydrogen-bond donors (Lipinski definition) is 2. The molecule has 0 saturated carbocycles. The van der Waals surface area contributed by atoms with Crippen LogP contribution in [0.25, 0.3) is 22.1 Å². The smallest absolute Gasteiger partial charge is 0.200 e. The maximum atomic E-state index is 12.8. The lowest BCUT2D eigenvalue weighted by atomic mass is 10.1. The second-order valence-corrected chi connectivity index (χ2v) is 6.84. The van der Waals surface area contributed by atoms with Gasteiger partial charge in [-0.15, -0.1) is 0 Å². The van der Waals surface area contributed by atoms with Crippen molar-refractivity contribution >= 4 is 11.0 Å². The van der Waals surface area contributed by atoms with Gasteiger partial charge >= 0.3 is 0 Å². The van der Waals surface area contributed by atoms with E-state index in [1.807, 2.05) is 30.3 Å². The van der Waals surface area contributed by atoms with Crippen LogP contribution in [0.4, 0.5) is 0 Å². The maximum absolute atomic E-state index is 12.8. The molecular weight excluding hydrogens is 368 g/mol. The molecule has 0 aliphatic rings. The minimum atomic E-state index is -0.642. The number of fused-ring (bicyclic) bond motifs is 1. The van der Waals surface area contributed by atoms with Gasteiger partial charge in [0.15, 0.2) is 5.43 Å². The summed E-state index contributed by atoms with van der Waals surface area (Å²) >= 11 is 0. The van der Waals surface area contributed by atoms with Gasteiger partial charge in [-0.2, -0.15) is 0 Å². The average Bonchev–Trinajstić information content (AvgIpc) is 2.74. The Hall–Kier alpha value is -3.57. The van der Waals surface area contributed by atoms with Crippen LogP contribution in [0.5, 0.6) is 11.5 Å². The van der Waals surface area contributed by atoms with Crippen molar-refractivity contribution in [2.24, 2.45) is 0 Å². The number of aliphatic hydroxyl groups excluding tert-OH is 1. The lowest BCUT2D eigenvalue weighted by molar-refractivity contribution is 0.108. The molecule has 1 atom stereocenters. The number of phenols is 1. The van der Waals surface area contributed by atoms with E-state index < -0.39 is 6.10 Å². The van der Waals surface area contributed by atoms with E-state index >= 15 is 0 Å². The minimum absolute atomic E-state index is 0.134. The van der Waals surface area contributed by atoms with Gasteiger partial charge in [-0.05, 0) is 35.4 Å². The third-order valence-electron chi connectivity index (χ3n) is 4.68. The molecule has 4 rings (SSSR count). The summed E-state index contributed by atoms with van der Waals surface area (Å²) in [6.45, 7) is 0.135. The highest BCUT2D eigenvalue weighted by Crippen LogP contribution is 2.24. The molecule has 5 heteroatoms. The number of ether oxygens (including phenoxy) is 1.